The molecule has 8 aromatic rings. The molecule has 0 radical (unpaired) electrons. The van der Waals surface area contributed by atoms with Gasteiger partial charge in [0.1, 0.15) is 0 Å². The van der Waals surface area contributed by atoms with Crippen molar-refractivity contribution in [3.63, 3.8) is 0 Å². The van der Waals surface area contributed by atoms with Crippen LogP contribution in [0.5, 0.6) is 0 Å². The third-order valence-electron chi connectivity index (χ3n) is 7.95. The highest BCUT2D eigenvalue weighted by Crippen LogP contribution is 2.45. The van der Waals surface area contributed by atoms with Crippen molar-refractivity contribution >= 4 is 48.9 Å². The second-order valence-corrected chi connectivity index (χ2v) is 10.0. The summed E-state index contributed by atoms with van der Waals surface area (Å²) in [5, 5.41) is 26.2. The Morgan fingerprint density at radius 2 is 1.10 bits per heavy atom. The zero-order chi connectivity index (χ0) is 26.1. The molecule has 0 saturated heterocycles. The molecular weight excluding hydrogens is 474 g/mol. The summed E-state index contributed by atoms with van der Waals surface area (Å²) in [5.41, 5.74) is 9.04. The van der Waals surface area contributed by atoms with Gasteiger partial charge in [0, 0.05) is 21.5 Å². The van der Waals surface area contributed by atoms with Crippen LogP contribution in [0.25, 0.3) is 71.1 Å². The van der Waals surface area contributed by atoms with E-state index < -0.39 is 0 Å². The van der Waals surface area contributed by atoms with E-state index in [0.29, 0.717) is 11.1 Å². The standard InChI is InChI=1S/C36H19N3/c37-20-22-10-13-29-31-18-26(19-32-30-14-11-23(21-38)17-34(30)39(36(31)32)33(29)16-22)35-27-9-5-4-8-25(27)12-15-28(35)24-6-2-1-3-7-24/h1-19H. The number of nitrogens with zero attached hydrogens (tertiary/aromatic N) is 3. The molecule has 3 nitrogen and oxygen atoms in total. The normalized spacial score (nSPS) is 11.5. The highest BCUT2D eigenvalue weighted by molar-refractivity contribution is 6.25. The Bertz CT molecular complexity index is 2240. The van der Waals surface area contributed by atoms with Gasteiger partial charge < -0.3 is 4.40 Å². The third-order valence-corrected chi connectivity index (χ3v) is 7.95. The van der Waals surface area contributed by atoms with E-state index in [1.807, 2.05) is 30.3 Å². The summed E-state index contributed by atoms with van der Waals surface area (Å²) >= 11 is 0. The SMILES string of the molecule is N#Cc1ccc2c3cc(-c4c(-c5ccccc5)ccc5ccccc45)cc4c5ccc(C#N)cc5n(c2c1)c34. The molecule has 3 heteroatoms. The van der Waals surface area contributed by atoms with E-state index in [9.17, 15) is 10.5 Å². The van der Waals surface area contributed by atoms with Gasteiger partial charge in [-0.05, 0) is 69.4 Å². The van der Waals surface area contributed by atoms with Crippen LogP contribution < -0.4 is 0 Å². The van der Waals surface area contributed by atoms with Crippen LogP contribution in [-0.4, -0.2) is 4.40 Å². The molecular formula is C36H19N3. The van der Waals surface area contributed by atoms with Gasteiger partial charge in [-0.15, -0.1) is 0 Å². The largest absolute Gasteiger partial charge is 0.308 e. The highest BCUT2D eigenvalue weighted by Gasteiger charge is 2.21. The molecule has 39 heavy (non-hydrogen) atoms. The Hall–Kier alpha value is -5.64. The minimum Gasteiger partial charge on any atom is -0.308 e. The first kappa shape index (κ1) is 21.4. The van der Waals surface area contributed by atoms with Crippen LogP contribution in [0, 0.1) is 22.7 Å². The zero-order valence-electron chi connectivity index (χ0n) is 20.8. The first-order chi connectivity index (χ1) is 19.2. The fourth-order valence-electron chi connectivity index (χ4n) is 6.27. The smallest absolute Gasteiger partial charge is 0.0992 e. The number of hydrogen-bond donors (Lipinski definition) is 0. The van der Waals surface area contributed by atoms with Crippen molar-refractivity contribution in [3.05, 3.63) is 126 Å². The summed E-state index contributed by atoms with van der Waals surface area (Å²) in [6.45, 7) is 0. The summed E-state index contributed by atoms with van der Waals surface area (Å²) < 4.78 is 2.22. The Morgan fingerprint density at radius 1 is 0.487 bits per heavy atom. The van der Waals surface area contributed by atoms with Crippen LogP contribution in [0.15, 0.2) is 115 Å². The zero-order valence-corrected chi connectivity index (χ0v) is 20.8. The maximum atomic E-state index is 9.66. The Morgan fingerprint density at radius 3 is 1.74 bits per heavy atom. The Labute approximate surface area is 224 Å². The first-order valence-corrected chi connectivity index (χ1v) is 12.9. The lowest BCUT2D eigenvalue weighted by atomic mass is 9.88. The molecule has 2 heterocycles. The fraction of sp³-hybridized carbons (Fsp3) is 0. The number of fused-ring (bicyclic) bond motifs is 7. The van der Waals surface area contributed by atoms with Crippen molar-refractivity contribution in [2.24, 2.45) is 0 Å². The molecule has 0 amide bonds. The van der Waals surface area contributed by atoms with Gasteiger partial charge in [-0.25, -0.2) is 0 Å². The third kappa shape index (κ3) is 2.96. The van der Waals surface area contributed by atoms with Gasteiger partial charge in [0.25, 0.3) is 0 Å². The summed E-state index contributed by atoms with van der Waals surface area (Å²) in [5.74, 6) is 0. The highest BCUT2D eigenvalue weighted by atomic mass is 14.9. The molecule has 178 valence electrons. The summed E-state index contributed by atoms with van der Waals surface area (Å²) in [7, 11) is 0. The monoisotopic (exact) mass is 493 g/mol. The van der Waals surface area contributed by atoms with Gasteiger partial charge in [-0.3, -0.25) is 0 Å². The van der Waals surface area contributed by atoms with Crippen LogP contribution in [0.2, 0.25) is 0 Å². The van der Waals surface area contributed by atoms with E-state index in [4.69, 9.17) is 0 Å². The van der Waals surface area contributed by atoms with E-state index in [1.165, 1.54) is 27.5 Å². The van der Waals surface area contributed by atoms with Crippen LogP contribution in [0.1, 0.15) is 11.1 Å². The fourth-order valence-corrected chi connectivity index (χ4v) is 6.27. The molecule has 0 bridgehead atoms. The average Bonchev–Trinajstić information content (AvgIpc) is 3.51. The Balaban J connectivity index is 1.58. The minimum absolute atomic E-state index is 0.619. The summed E-state index contributed by atoms with van der Waals surface area (Å²) in [6, 6.07) is 44.5. The van der Waals surface area contributed by atoms with Crippen LogP contribution in [0.4, 0.5) is 0 Å². The Kier molecular flexibility index (Phi) is 4.36. The van der Waals surface area contributed by atoms with Gasteiger partial charge in [0.05, 0.1) is 39.8 Å². The van der Waals surface area contributed by atoms with E-state index >= 15 is 0 Å². The van der Waals surface area contributed by atoms with Crippen molar-refractivity contribution in [1.82, 2.24) is 4.40 Å². The van der Waals surface area contributed by atoms with Crippen molar-refractivity contribution in [1.29, 1.82) is 10.5 Å². The van der Waals surface area contributed by atoms with Crippen molar-refractivity contribution in [2.45, 2.75) is 0 Å². The maximum absolute atomic E-state index is 9.66. The molecule has 0 aliphatic carbocycles. The number of nitriles is 2. The molecule has 0 aliphatic rings. The van der Waals surface area contributed by atoms with Gasteiger partial charge in [-0.1, -0.05) is 78.9 Å². The molecule has 0 N–H and O–H groups in total. The van der Waals surface area contributed by atoms with E-state index in [1.54, 1.807) is 0 Å². The van der Waals surface area contributed by atoms with Crippen LogP contribution in [-0.2, 0) is 0 Å². The quantitative estimate of drug-likeness (QED) is 0.241. The van der Waals surface area contributed by atoms with Gasteiger partial charge in [-0.2, -0.15) is 10.5 Å². The van der Waals surface area contributed by atoms with Gasteiger partial charge in [0.15, 0.2) is 0 Å². The lowest BCUT2D eigenvalue weighted by Crippen LogP contribution is -1.88. The minimum atomic E-state index is 0.619. The molecule has 0 unspecified atom stereocenters. The van der Waals surface area contributed by atoms with E-state index in [2.05, 4.69) is 101 Å². The number of hydrogen-bond acceptors (Lipinski definition) is 2. The molecule has 0 atom stereocenters. The molecule has 6 aromatic carbocycles. The number of benzene rings is 6. The second kappa shape index (κ2) is 7.93. The predicted octanol–water partition coefficient (Wildman–Crippen LogP) is 9.07. The van der Waals surface area contributed by atoms with Gasteiger partial charge in [0.2, 0.25) is 0 Å². The van der Waals surface area contributed by atoms with Gasteiger partial charge >= 0.3 is 0 Å². The second-order valence-electron chi connectivity index (χ2n) is 10.0. The molecule has 8 rings (SSSR count). The van der Waals surface area contributed by atoms with Crippen LogP contribution >= 0.6 is 0 Å². The summed E-state index contributed by atoms with van der Waals surface area (Å²) in [6.07, 6.45) is 0. The van der Waals surface area contributed by atoms with Crippen molar-refractivity contribution < 1.29 is 0 Å². The topological polar surface area (TPSA) is 52.0 Å². The first-order valence-electron chi connectivity index (χ1n) is 12.9. The van der Waals surface area contributed by atoms with Crippen LogP contribution in [0.3, 0.4) is 0 Å². The van der Waals surface area contributed by atoms with Crippen molar-refractivity contribution in [3.8, 4) is 34.4 Å². The van der Waals surface area contributed by atoms with E-state index in [0.717, 1.165) is 43.7 Å². The number of rotatable bonds is 2. The average molecular weight is 494 g/mol. The molecule has 0 fully saturated rings. The molecule has 0 aliphatic heterocycles. The lowest BCUT2D eigenvalue weighted by Gasteiger charge is -2.15. The molecule has 0 saturated carbocycles. The maximum Gasteiger partial charge on any atom is 0.0992 e. The predicted molar refractivity (Wildman–Crippen MR) is 159 cm³/mol. The molecule has 0 spiro atoms. The number of aromatic nitrogens is 1. The lowest BCUT2D eigenvalue weighted by molar-refractivity contribution is 1.36. The van der Waals surface area contributed by atoms with Crippen molar-refractivity contribution in [2.75, 3.05) is 0 Å². The molecule has 2 aromatic heterocycles. The summed E-state index contributed by atoms with van der Waals surface area (Å²) in [4.78, 5) is 0. The van der Waals surface area contributed by atoms with E-state index in [-0.39, 0.29) is 0 Å².